The van der Waals surface area contributed by atoms with E-state index in [0.717, 1.165) is 54.5 Å². The summed E-state index contributed by atoms with van der Waals surface area (Å²) >= 11 is 7.78. The Hall–Kier alpha value is -2.38. The lowest BCUT2D eigenvalue weighted by Gasteiger charge is -2.36. The van der Waals surface area contributed by atoms with E-state index in [4.69, 9.17) is 21.1 Å². The lowest BCUT2D eigenvalue weighted by Crippen LogP contribution is -2.50. The lowest BCUT2D eigenvalue weighted by molar-refractivity contribution is -0.132. The molecule has 3 aromatic rings. The van der Waals surface area contributed by atoms with Crippen molar-refractivity contribution in [1.29, 1.82) is 0 Å². The Labute approximate surface area is 204 Å². The van der Waals surface area contributed by atoms with Crippen LogP contribution in [0.25, 0.3) is 0 Å². The van der Waals surface area contributed by atoms with Crippen molar-refractivity contribution in [3.8, 4) is 5.75 Å². The van der Waals surface area contributed by atoms with Gasteiger partial charge in [-0.3, -0.25) is 9.69 Å². The average Bonchev–Trinajstić information content (AvgIpc) is 3.35. The highest BCUT2D eigenvalue weighted by Gasteiger charge is 2.24. The molecular weight excluding hydrogens is 456 g/mol. The molecule has 1 aliphatic rings. The molecule has 4 rings (SSSR count). The van der Waals surface area contributed by atoms with E-state index >= 15 is 0 Å². The molecule has 2 aromatic carbocycles. The minimum atomic E-state index is -0.118. The van der Waals surface area contributed by atoms with Gasteiger partial charge < -0.3 is 14.4 Å². The third-order valence-corrected chi connectivity index (χ3v) is 6.97. The molecule has 2 heterocycles. The lowest BCUT2D eigenvalue weighted by atomic mass is 10.1. The molecule has 1 fully saturated rings. The molecular formula is C26H29ClN2O3S. The highest BCUT2D eigenvalue weighted by atomic mass is 35.5. The smallest absolute Gasteiger partial charge is 0.227 e. The summed E-state index contributed by atoms with van der Waals surface area (Å²) in [4.78, 5) is 18.1. The molecule has 0 spiro atoms. The number of benzene rings is 2. The number of hydrogen-bond donors (Lipinski definition) is 0. The van der Waals surface area contributed by atoms with Crippen molar-refractivity contribution in [3.05, 3.63) is 87.1 Å². The summed E-state index contributed by atoms with van der Waals surface area (Å²) in [7, 11) is 1.67. The number of methoxy groups -OCH3 is 1. The minimum absolute atomic E-state index is 0.118. The van der Waals surface area contributed by atoms with Crippen molar-refractivity contribution in [2.75, 3.05) is 39.8 Å². The van der Waals surface area contributed by atoms with Gasteiger partial charge in [0.1, 0.15) is 5.75 Å². The number of ether oxygens (including phenoxy) is 2. The number of thiophene rings is 1. The average molecular weight is 485 g/mol. The Morgan fingerprint density at radius 3 is 2.61 bits per heavy atom. The summed E-state index contributed by atoms with van der Waals surface area (Å²) in [5.41, 5.74) is 2.12. The first-order chi connectivity index (χ1) is 16.1. The van der Waals surface area contributed by atoms with Crippen LogP contribution in [-0.2, 0) is 22.6 Å². The molecule has 1 unspecified atom stereocenters. The van der Waals surface area contributed by atoms with E-state index in [1.165, 1.54) is 0 Å². The van der Waals surface area contributed by atoms with E-state index < -0.39 is 0 Å². The van der Waals surface area contributed by atoms with Crippen LogP contribution in [0.2, 0.25) is 5.02 Å². The topological polar surface area (TPSA) is 42.0 Å². The molecule has 33 heavy (non-hydrogen) atoms. The van der Waals surface area contributed by atoms with Gasteiger partial charge in [0.2, 0.25) is 5.91 Å². The fourth-order valence-corrected chi connectivity index (χ4v) is 4.92. The minimum Gasteiger partial charge on any atom is -0.497 e. The molecule has 1 aromatic heterocycles. The Balaban J connectivity index is 1.38. The van der Waals surface area contributed by atoms with E-state index in [1.807, 2.05) is 64.9 Å². The van der Waals surface area contributed by atoms with Gasteiger partial charge in [0.25, 0.3) is 0 Å². The predicted octanol–water partition coefficient (Wildman–Crippen LogP) is 5.05. The zero-order chi connectivity index (χ0) is 23.0. The number of rotatable bonds is 9. The fourth-order valence-electron chi connectivity index (χ4n) is 4.01. The standard InChI is InChI=1S/C26H29ClN2O3S/c1-31-23-8-3-6-21(16-23)25(32-19-20-5-2-7-22(27)15-20)18-28-10-12-29(13-11-28)26(30)17-24-9-4-14-33-24/h2-9,14-16,25H,10-13,17-19H2,1H3. The fraction of sp³-hybridized carbons (Fsp3) is 0.346. The Morgan fingerprint density at radius 1 is 1.06 bits per heavy atom. The van der Waals surface area contributed by atoms with Gasteiger partial charge in [-0.2, -0.15) is 0 Å². The van der Waals surface area contributed by atoms with Crippen LogP contribution in [0.5, 0.6) is 5.75 Å². The zero-order valence-electron chi connectivity index (χ0n) is 18.8. The van der Waals surface area contributed by atoms with Crippen LogP contribution in [0.4, 0.5) is 0 Å². The van der Waals surface area contributed by atoms with Gasteiger partial charge in [0.05, 0.1) is 26.2 Å². The Morgan fingerprint density at radius 2 is 1.88 bits per heavy atom. The van der Waals surface area contributed by atoms with Gasteiger partial charge in [-0.1, -0.05) is 41.9 Å². The van der Waals surface area contributed by atoms with Crippen molar-refractivity contribution >= 4 is 28.8 Å². The second-order valence-electron chi connectivity index (χ2n) is 8.14. The van der Waals surface area contributed by atoms with Gasteiger partial charge in [0.15, 0.2) is 0 Å². The van der Waals surface area contributed by atoms with Crippen LogP contribution in [0.15, 0.2) is 66.0 Å². The van der Waals surface area contributed by atoms with E-state index in [2.05, 4.69) is 11.0 Å². The SMILES string of the molecule is COc1cccc(C(CN2CCN(C(=O)Cc3cccs3)CC2)OCc2cccc(Cl)c2)c1. The van der Waals surface area contributed by atoms with Crippen molar-refractivity contribution < 1.29 is 14.3 Å². The third-order valence-electron chi connectivity index (χ3n) is 5.86. The maximum atomic E-state index is 12.6. The summed E-state index contributed by atoms with van der Waals surface area (Å²) in [5, 5.41) is 2.72. The van der Waals surface area contributed by atoms with Gasteiger partial charge in [-0.25, -0.2) is 0 Å². The molecule has 1 amide bonds. The van der Waals surface area contributed by atoms with Crippen LogP contribution in [0.1, 0.15) is 22.1 Å². The van der Waals surface area contributed by atoms with E-state index in [1.54, 1.807) is 18.4 Å². The second kappa shape index (κ2) is 11.7. The van der Waals surface area contributed by atoms with Crippen LogP contribution >= 0.6 is 22.9 Å². The Bertz CT molecular complexity index is 1040. The first-order valence-corrected chi connectivity index (χ1v) is 12.4. The van der Waals surface area contributed by atoms with E-state index in [-0.39, 0.29) is 12.0 Å². The Kier molecular flexibility index (Phi) is 8.40. The largest absolute Gasteiger partial charge is 0.497 e. The van der Waals surface area contributed by atoms with Gasteiger partial charge >= 0.3 is 0 Å². The number of piperazine rings is 1. The van der Waals surface area contributed by atoms with Crippen LogP contribution in [0.3, 0.4) is 0 Å². The number of amides is 1. The predicted molar refractivity (Wildman–Crippen MR) is 133 cm³/mol. The van der Waals surface area contributed by atoms with Gasteiger partial charge in [-0.15, -0.1) is 11.3 Å². The molecule has 0 radical (unpaired) electrons. The molecule has 0 saturated carbocycles. The zero-order valence-corrected chi connectivity index (χ0v) is 20.4. The highest BCUT2D eigenvalue weighted by Crippen LogP contribution is 2.25. The summed E-state index contributed by atoms with van der Waals surface area (Å²) in [6.07, 6.45) is 0.375. The summed E-state index contributed by atoms with van der Waals surface area (Å²) in [5.74, 6) is 1.02. The molecule has 174 valence electrons. The molecule has 0 aliphatic carbocycles. The van der Waals surface area contributed by atoms with Crippen molar-refractivity contribution in [2.24, 2.45) is 0 Å². The van der Waals surface area contributed by atoms with Crippen LogP contribution < -0.4 is 4.74 Å². The quantitative estimate of drug-likeness (QED) is 0.426. The molecule has 1 saturated heterocycles. The molecule has 0 N–H and O–H groups in total. The van der Waals surface area contributed by atoms with E-state index in [9.17, 15) is 4.79 Å². The molecule has 1 aliphatic heterocycles. The number of carbonyl (C=O) groups excluding carboxylic acids is 1. The van der Waals surface area contributed by atoms with Crippen LogP contribution in [0, 0.1) is 0 Å². The maximum Gasteiger partial charge on any atom is 0.227 e. The van der Waals surface area contributed by atoms with Crippen molar-refractivity contribution in [2.45, 2.75) is 19.1 Å². The number of halogens is 1. The van der Waals surface area contributed by atoms with Crippen LogP contribution in [-0.4, -0.2) is 55.5 Å². The third kappa shape index (κ3) is 6.81. The second-order valence-corrected chi connectivity index (χ2v) is 9.61. The number of hydrogen-bond acceptors (Lipinski definition) is 5. The van der Waals surface area contributed by atoms with Gasteiger partial charge in [0, 0.05) is 42.6 Å². The summed E-state index contributed by atoms with van der Waals surface area (Å²) in [6, 6.07) is 19.8. The highest BCUT2D eigenvalue weighted by molar-refractivity contribution is 7.10. The van der Waals surface area contributed by atoms with E-state index in [0.29, 0.717) is 18.1 Å². The normalized spacial score (nSPS) is 15.4. The van der Waals surface area contributed by atoms with Crippen molar-refractivity contribution in [3.63, 3.8) is 0 Å². The summed E-state index contributed by atoms with van der Waals surface area (Å²) < 4.78 is 11.8. The maximum absolute atomic E-state index is 12.6. The first kappa shape index (κ1) is 23.8. The number of carbonyl (C=O) groups is 1. The molecule has 0 bridgehead atoms. The molecule has 7 heteroatoms. The molecule has 1 atom stereocenters. The summed E-state index contributed by atoms with van der Waals surface area (Å²) in [6.45, 7) is 4.36. The molecule has 5 nitrogen and oxygen atoms in total. The monoisotopic (exact) mass is 484 g/mol. The van der Waals surface area contributed by atoms with Gasteiger partial charge in [-0.05, 0) is 46.8 Å². The van der Waals surface area contributed by atoms with Crippen molar-refractivity contribution in [1.82, 2.24) is 9.80 Å². The number of nitrogens with zero attached hydrogens (tertiary/aromatic N) is 2. The first-order valence-electron chi connectivity index (χ1n) is 11.1.